The van der Waals surface area contributed by atoms with Crippen LogP contribution in [0.2, 0.25) is 0 Å². The molecule has 258 valence electrons. The first-order chi connectivity index (χ1) is 21.2. The number of rotatable bonds is 9. The van der Waals surface area contributed by atoms with Crippen molar-refractivity contribution in [1.82, 2.24) is 0 Å². The summed E-state index contributed by atoms with van der Waals surface area (Å²) >= 11 is 0. The lowest BCUT2D eigenvalue weighted by molar-refractivity contribution is -0.0731. The van der Waals surface area contributed by atoms with Gasteiger partial charge in [0.05, 0.1) is 0 Å². The molecule has 5 rings (SSSR count). The molecule has 0 aliphatic heterocycles. The zero-order chi connectivity index (χ0) is 33.9. The predicted molar refractivity (Wildman–Crippen MR) is 180 cm³/mol. The highest BCUT2D eigenvalue weighted by Crippen LogP contribution is 2.66. The molecule has 8 nitrogen and oxygen atoms in total. The van der Waals surface area contributed by atoms with Gasteiger partial charge in [-0.1, -0.05) is 71.8 Å². The third-order valence-electron chi connectivity index (χ3n) is 13.5. The van der Waals surface area contributed by atoms with Crippen molar-refractivity contribution in [2.45, 2.75) is 119 Å². The fraction of sp³-hybridized carbons (Fsp3) is 0.722. The van der Waals surface area contributed by atoms with Crippen molar-refractivity contribution in [1.29, 1.82) is 0 Å². The van der Waals surface area contributed by atoms with Gasteiger partial charge in [0.2, 0.25) is 0 Å². The SMILES string of the molecule is C=C1CCC[C@H]2[C@@]1(CC[C@@]1(C)[C@H](C)CC=C3[C@@H]1CCCC3(C)C)CC[C@H](C)[C@]2(C)Cc1cc(OS(=O)(=O)O)ccc1OS(=O)(=O)O. The zero-order valence-corrected chi connectivity index (χ0v) is 30.1. The summed E-state index contributed by atoms with van der Waals surface area (Å²) < 4.78 is 75.3. The molecule has 0 aromatic heterocycles. The maximum atomic E-state index is 11.8. The molecule has 1 aromatic rings. The van der Waals surface area contributed by atoms with Crippen LogP contribution in [0.3, 0.4) is 0 Å². The third kappa shape index (κ3) is 6.70. The highest BCUT2D eigenvalue weighted by molar-refractivity contribution is 7.81. The maximum absolute atomic E-state index is 11.8. The van der Waals surface area contributed by atoms with Crippen LogP contribution in [0.4, 0.5) is 0 Å². The zero-order valence-electron chi connectivity index (χ0n) is 28.5. The minimum Gasteiger partial charge on any atom is -0.362 e. The Labute approximate surface area is 277 Å². The van der Waals surface area contributed by atoms with E-state index in [2.05, 4.69) is 47.6 Å². The molecule has 0 heterocycles. The summed E-state index contributed by atoms with van der Waals surface area (Å²) in [4.78, 5) is 0. The molecule has 0 amide bonds. The van der Waals surface area contributed by atoms with Crippen molar-refractivity contribution in [3.63, 3.8) is 0 Å². The van der Waals surface area contributed by atoms with Crippen LogP contribution in [-0.2, 0) is 27.2 Å². The Hall–Kier alpha value is -1.88. The number of fused-ring (bicyclic) bond motifs is 2. The molecule has 1 aromatic carbocycles. The van der Waals surface area contributed by atoms with Gasteiger partial charge in [-0.3, -0.25) is 9.11 Å². The van der Waals surface area contributed by atoms with Crippen LogP contribution in [0.15, 0.2) is 42.0 Å². The van der Waals surface area contributed by atoms with Gasteiger partial charge in [-0.25, -0.2) is 0 Å². The lowest BCUT2D eigenvalue weighted by Crippen LogP contribution is -2.53. The number of allylic oxidation sites excluding steroid dienone is 3. The fourth-order valence-corrected chi connectivity index (χ4v) is 11.2. The first-order valence-corrected chi connectivity index (χ1v) is 19.8. The molecule has 4 aliphatic carbocycles. The Morgan fingerprint density at radius 3 is 2.24 bits per heavy atom. The van der Waals surface area contributed by atoms with Crippen LogP contribution in [0.5, 0.6) is 11.5 Å². The molecule has 0 unspecified atom stereocenters. The quantitative estimate of drug-likeness (QED) is 0.196. The molecular weight excluding hydrogens is 625 g/mol. The second kappa shape index (κ2) is 12.2. The van der Waals surface area contributed by atoms with E-state index in [1.165, 1.54) is 43.0 Å². The van der Waals surface area contributed by atoms with Crippen LogP contribution in [-0.4, -0.2) is 25.9 Å². The van der Waals surface area contributed by atoms with Crippen molar-refractivity contribution in [2.75, 3.05) is 0 Å². The van der Waals surface area contributed by atoms with E-state index in [1.807, 2.05) is 0 Å². The topological polar surface area (TPSA) is 127 Å². The average Bonchev–Trinajstić information content (AvgIpc) is 2.93. The van der Waals surface area contributed by atoms with Gasteiger partial charge in [-0.05, 0) is 134 Å². The molecule has 3 fully saturated rings. The van der Waals surface area contributed by atoms with Crippen molar-refractivity contribution in [3.05, 3.63) is 47.6 Å². The maximum Gasteiger partial charge on any atom is 0.446 e. The number of hydrogen-bond donors (Lipinski definition) is 2. The highest BCUT2D eigenvalue weighted by Gasteiger charge is 2.57. The summed E-state index contributed by atoms with van der Waals surface area (Å²) in [5.41, 5.74) is 3.42. The summed E-state index contributed by atoms with van der Waals surface area (Å²) in [6.07, 6.45) is 15.1. The predicted octanol–water partition coefficient (Wildman–Crippen LogP) is 8.95. The normalized spacial score (nSPS) is 36.3. The van der Waals surface area contributed by atoms with E-state index in [0.29, 0.717) is 23.8 Å². The summed E-state index contributed by atoms with van der Waals surface area (Å²) in [5.74, 6) is 1.44. The second-order valence-corrected chi connectivity index (χ2v) is 18.3. The van der Waals surface area contributed by atoms with Gasteiger partial charge in [0.1, 0.15) is 11.5 Å². The molecule has 0 radical (unpaired) electrons. The van der Waals surface area contributed by atoms with Crippen LogP contribution < -0.4 is 8.37 Å². The molecule has 0 bridgehead atoms. The lowest BCUT2D eigenvalue weighted by atomic mass is 9.43. The molecule has 46 heavy (non-hydrogen) atoms. The Morgan fingerprint density at radius 1 is 0.870 bits per heavy atom. The smallest absolute Gasteiger partial charge is 0.362 e. The molecule has 2 N–H and O–H groups in total. The molecular formula is C36H54O8S2. The average molecular weight is 679 g/mol. The summed E-state index contributed by atoms with van der Waals surface area (Å²) in [5, 5.41) is 0. The fourth-order valence-electron chi connectivity index (χ4n) is 10.4. The van der Waals surface area contributed by atoms with E-state index in [0.717, 1.165) is 51.4 Å². The Balaban J connectivity index is 1.51. The molecule has 10 heteroatoms. The summed E-state index contributed by atoms with van der Waals surface area (Å²) in [6.45, 7) is 19.1. The highest BCUT2D eigenvalue weighted by atomic mass is 32.3. The minimum atomic E-state index is -4.84. The molecule has 7 atom stereocenters. The van der Waals surface area contributed by atoms with Crippen molar-refractivity contribution in [2.24, 2.45) is 45.3 Å². The van der Waals surface area contributed by atoms with Gasteiger partial charge in [0, 0.05) is 5.56 Å². The Kier molecular flexibility index (Phi) is 9.41. The largest absolute Gasteiger partial charge is 0.446 e. The van der Waals surface area contributed by atoms with Gasteiger partial charge in [0.25, 0.3) is 0 Å². The molecule has 3 saturated carbocycles. The summed E-state index contributed by atoms with van der Waals surface area (Å²) in [7, 11) is -9.65. The van der Waals surface area contributed by atoms with Gasteiger partial charge in [-0.2, -0.15) is 16.8 Å². The minimum absolute atomic E-state index is 0.0691. The van der Waals surface area contributed by atoms with Gasteiger partial charge in [-0.15, -0.1) is 0 Å². The first-order valence-electron chi connectivity index (χ1n) is 17.1. The van der Waals surface area contributed by atoms with Crippen molar-refractivity contribution >= 4 is 20.8 Å². The Bertz CT molecular complexity index is 1590. The van der Waals surface area contributed by atoms with Crippen molar-refractivity contribution in [3.8, 4) is 11.5 Å². The monoisotopic (exact) mass is 678 g/mol. The van der Waals surface area contributed by atoms with Crippen LogP contribution in [0.1, 0.15) is 118 Å². The van der Waals surface area contributed by atoms with E-state index >= 15 is 0 Å². The van der Waals surface area contributed by atoms with Crippen LogP contribution in [0, 0.1) is 45.3 Å². The van der Waals surface area contributed by atoms with Gasteiger partial charge in [0.15, 0.2) is 0 Å². The number of benzene rings is 1. The molecule has 4 aliphatic rings. The number of hydrogen-bond acceptors (Lipinski definition) is 6. The van der Waals surface area contributed by atoms with E-state index < -0.39 is 20.8 Å². The third-order valence-corrected chi connectivity index (χ3v) is 14.3. The lowest BCUT2D eigenvalue weighted by Gasteiger charge is -2.61. The molecule has 0 spiro atoms. The molecule has 0 saturated heterocycles. The van der Waals surface area contributed by atoms with E-state index in [9.17, 15) is 25.9 Å². The van der Waals surface area contributed by atoms with E-state index in [4.69, 9.17) is 14.9 Å². The van der Waals surface area contributed by atoms with Crippen molar-refractivity contribution < 1.29 is 34.3 Å². The van der Waals surface area contributed by atoms with E-state index in [1.54, 1.807) is 5.57 Å². The Morgan fingerprint density at radius 2 is 1.57 bits per heavy atom. The standard InChI is InChI=1S/C36H54O8S2/c1-24-13-15-29-30(11-9-18-33(29,4)5)34(24,6)20-21-36-19-17-25(2)35(7,32(36)12-8-10-26(36)3)23-27-22-28(43-45(37,38)39)14-16-31(27)44-46(40,41)42/h14-16,22,24-25,30,32H,3,8-13,17-21,23H2,1-2,4-7H3,(H,37,38,39)(H,40,41,42)/t24-,25+,30+,32-,34+,35+,36-/m1/s1. The first kappa shape index (κ1) is 35.4. The summed E-state index contributed by atoms with van der Waals surface area (Å²) in [6, 6.07) is 3.84. The van der Waals surface area contributed by atoms with Crippen LogP contribution in [0.25, 0.3) is 0 Å². The van der Waals surface area contributed by atoms with Gasteiger partial charge >= 0.3 is 20.8 Å². The van der Waals surface area contributed by atoms with E-state index in [-0.39, 0.29) is 45.0 Å². The van der Waals surface area contributed by atoms with Gasteiger partial charge < -0.3 is 8.37 Å². The van der Waals surface area contributed by atoms with Crippen LogP contribution >= 0.6 is 0 Å². The second-order valence-electron chi connectivity index (χ2n) is 16.2.